The summed E-state index contributed by atoms with van der Waals surface area (Å²) in [5, 5.41) is 27.5. The lowest BCUT2D eigenvalue weighted by molar-refractivity contribution is -0.360. The van der Waals surface area contributed by atoms with Crippen LogP contribution in [-0.4, -0.2) is 54.7 Å². The SMILES string of the molecule is N#Cc1ccc(-c2ccc(S(=O)(=O)CC[NH3+])c(S(N)(=O)=O)c2-c2nn[nH]n2)cn1. The Labute approximate surface area is 165 Å². The number of pyridine rings is 1. The van der Waals surface area contributed by atoms with Crippen LogP contribution in [0.3, 0.4) is 0 Å². The summed E-state index contributed by atoms with van der Waals surface area (Å²) in [6.45, 7) is 0.0330. The summed E-state index contributed by atoms with van der Waals surface area (Å²) in [6, 6.07) is 7.39. The third kappa shape index (κ3) is 3.98. The second-order valence-corrected chi connectivity index (χ2v) is 9.39. The Hall–Kier alpha value is -3.25. The Morgan fingerprint density at radius 3 is 2.45 bits per heavy atom. The van der Waals surface area contributed by atoms with E-state index in [2.05, 4.69) is 31.3 Å². The largest absolute Gasteiger partial charge is 0.357 e. The number of sulfone groups is 1. The fourth-order valence-electron chi connectivity index (χ4n) is 2.74. The first-order chi connectivity index (χ1) is 13.7. The molecular weight excluding hydrogens is 420 g/mol. The van der Waals surface area contributed by atoms with Crippen LogP contribution < -0.4 is 10.9 Å². The zero-order chi connectivity index (χ0) is 21.2. The van der Waals surface area contributed by atoms with E-state index in [4.69, 9.17) is 10.4 Å². The van der Waals surface area contributed by atoms with Gasteiger partial charge in [-0.1, -0.05) is 6.07 Å². The van der Waals surface area contributed by atoms with Gasteiger partial charge in [-0.05, 0) is 29.0 Å². The molecule has 29 heavy (non-hydrogen) atoms. The van der Waals surface area contributed by atoms with Crippen LogP contribution >= 0.6 is 0 Å². The second-order valence-electron chi connectivity index (χ2n) is 5.81. The monoisotopic (exact) mass is 435 g/mol. The van der Waals surface area contributed by atoms with Gasteiger partial charge >= 0.3 is 0 Å². The average Bonchev–Trinajstić information content (AvgIpc) is 3.20. The molecule has 0 unspecified atom stereocenters. The molecule has 0 amide bonds. The highest BCUT2D eigenvalue weighted by molar-refractivity contribution is 7.93. The van der Waals surface area contributed by atoms with Crippen LogP contribution in [0.4, 0.5) is 0 Å². The molecule has 6 N–H and O–H groups in total. The van der Waals surface area contributed by atoms with Crippen molar-refractivity contribution in [2.45, 2.75) is 9.79 Å². The van der Waals surface area contributed by atoms with Crippen LogP contribution in [0.25, 0.3) is 22.5 Å². The first-order valence-electron chi connectivity index (χ1n) is 8.01. The highest BCUT2D eigenvalue weighted by Gasteiger charge is 2.32. The Morgan fingerprint density at radius 1 is 1.17 bits per heavy atom. The van der Waals surface area contributed by atoms with E-state index >= 15 is 0 Å². The van der Waals surface area contributed by atoms with E-state index in [9.17, 15) is 16.8 Å². The molecule has 0 atom stereocenters. The third-order valence-electron chi connectivity index (χ3n) is 3.91. The quantitative estimate of drug-likeness (QED) is 0.408. The number of hydrogen-bond acceptors (Lipinski definition) is 9. The lowest BCUT2D eigenvalue weighted by Crippen LogP contribution is -2.53. The molecule has 2 aromatic heterocycles. The number of aromatic amines is 1. The molecule has 0 aliphatic carbocycles. The van der Waals surface area contributed by atoms with Gasteiger partial charge in [0.25, 0.3) is 0 Å². The molecule has 2 heterocycles. The molecule has 12 nitrogen and oxygen atoms in total. The number of sulfonamides is 1. The van der Waals surface area contributed by atoms with Crippen molar-refractivity contribution in [3.8, 4) is 28.6 Å². The van der Waals surface area contributed by atoms with E-state index in [0.717, 1.165) is 6.07 Å². The Balaban J connectivity index is 2.44. The van der Waals surface area contributed by atoms with Gasteiger partial charge in [0.2, 0.25) is 15.8 Å². The van der Waals surface area contributed by atoms with Crippen molar-refractivity contribution < 1.29 is 22.6 Å². The minimum atomic E-state index is -4.53. The summed E-state index contributed by atoms with van der Waals surface area (Å²) in [5.41, 5.74) is 4.17. The number of nitriles is 1. The number of nitrogens with two attached hydrogens (primary N) is 1. The molecule has 14 heteroatoms. The lowest BCUT2D eigenvalue weighted by atomic mass is 10.0. The molecule has 3 rings (SSSR count). The number of tetrazole rings is 1. The Bertz CT molecular complexity index is 1300. The molecular formula is C15H15N8O4S2+. The summed E-state index contributed by atoms with van der Waals surface area (Å²) in [4.78, 5) is 2.83. The minimum Gasteiger partial charge on any atom is -0.357 e. The first-order valence-corrected chi connectivity index (χ1v) is 11.2. The van der Waals surface area contributed by atoms with Crippen molar-refractivity contribution in [1.82, 2.24) is 25.6 Å². The Morgan fingerprint density at radius 2 is 1.93 bits per heavy atom. The fourth-order valence-corrected chi connectivity index (χ4v) is 5.56. The number of rotatable bonds is 6. The molecule has 0 bridgehead atoms. The van der Waals surface area contributed by atoms with E-state index in [1.54, 1.807) is 0 Å². The summed E-state index contributed by atoms with van der Waals surface area (Å²) in [5.74, 6) is -0.543. The maximum absolute atomic E-state index is 12.7. The van der Waals surface area contributed by atoms with Crippen molar-refractivity contribution >= 4 is 19.9 Å². The standard InChI is InChI=1S/C15H14N8O4S2/c16-5-6-28(24,25)12-4-3-11(9-1-2-10(7-17)19-8-9)13(14(12)29(18,26)27)15-20-22-23-21-15/h1-4,8H,5-6,16H2,(H2,18,26,27)(H,20,21,22,23)/p+1. The summed E-state index contributed by atoms with van der Waals surface area (Å²) < 4.78 is 50.3. The van der Waals surface area contributed by atoms with Crippen molar-refractivity contribution in [3.05, 3.63) is 36.2 Å². The van der Waals surface area contributed by atoms with Crippen molar-refractivity contribution in [3.63, 3.8) is 0 Å². The molecule has 150 valence electrons. The number of quaternary nitrogens is 1. The highest BCUT2D eigenvalue weighted by Crippen LogP contribution is 2.38. The molecule has 1 aromatic carbocycles. The third-order valence-corrected chi connectivity index (χ3v) is 6.87. The minimum absolute atomic E-state index is 0.0330. The number of benzene rings is 1. The van der Waals surface area contributed by atoms with Crippen molar-refractivity contribution in [2.24, 2.45) is 5.14 Å². The van der Waals surface area contributed by atoms with Gasteiger partial charge in [-0.2, -0.15) is 10.5 Å². The van der Waals surface area contributed by atoms with Gasteiger partial charge < -0.3 is 5.73 Å². The highest BCUT2D eigenvalue weighted by atomic mass is 32.2. The first kappa shape index (κ1) is 20.5. The van der Waals surface area contributed by atoms with Crippen LogP contribution in [0.1, 0.15) is 5.69 Å². The van der Waals surface area contributed by atoms with Crippen LogP contribution in [0, 0.1) is 11.3 Å². The van der Waals surface area contributed by atoms with E-state index in [-0.39, 0.29) is 34.9 Å². The number of nitrogens with zero attached hydrogens (tertiary/aromatic N) is 5. The second kappa shape index (κ2) is 7.64. The molecule has 0 saturated heterocycles. The maximum Gasteiger partial charge on any atom is 0.240 e. The number of H-pyrrole nitrogens is 1. The van der Waals surface area contributed by atoms with Gasteiger partial charge in [0.05, 0.1) is 17.0 Å². The molecule has 0 aliphatic heterocycles. The number of aromatic nitrogens is 5. The zero-order valence-electron chi connectivity index (χ0n) is 14.8. The maximum atomic E-state index is 12.7. The van der Waals surface area contributed by atoms with Crippen LogP contribution in [0.15, 0.2) is 40.3 Å². The summed E-state index contributed by atoms with van der Waals surface area (Å²) >= 11 is 0. The predicted octanol–water partition coefficient (Wildman–Crippen LogP) is -1.54. The zero-order valence-corrected chi connectivity index (χ0v) is 16.4. The van der Waals surface area contributed by atoms with Gasteiger partial charge in [-0.3, -0.25) is 0 Å². The summed E-state index contributed by atoms with van der Waals surface area (Å²) in [7, 11) is -8.54. The molecule has 0 saturated carbocycles. The molecule has 0 aliphatic rings. The molecule has 0 fully saturated rings. The number of primary sulfonamides is 1. The van der Waals surface area contributed by atoms with Gasteiger partial charge in [0, 0.05) is 11.8 Å². The summed E-state index contributed by atoms with van der Waals surface area (Å²) in [6.07, 6.45) is 1.34. The van der Waals surface area contributed by atoms with Crippen molar-refractivity contribution in [1.29, 1.82) is 5.26 Å². The van der Waals surface area contributed by atoms with Crippen molar-refractivity contribution in [2.75, 3.05) is 12.3 Å². The number of nitrogens with one attached hydrogen (secondary N) is 1. The molecule has 0 spiro atoms. The van der Waals surface area contributed by atoms with Gasteiger partial charge in [0.1, 0.15) is 22.4 Å². The van der Waals surface area contributed by atoms with Crippen LogP contribution in [-0.2, 0) is 19.9 Å². The van der Waals surface area contributed by atoms with Crippen LogP contribution in [0.5, 0.6) is 0 Å². The van der Waals surface area contributed by atoms with E-state index in [0.29, 0.717) is 5.56 Å². The topological polar surface area (TPSA) is 213 Å². The average molecular weight is 435 g/mol. The van der Waals surface area contributed by atoms with Gasteiger partial charge in [0.15, 0.2) is 9.84 Å². The Kier molecular flexibility index (Phi) is 5.40. The van der Waals surface area contributed by atoms with E-state index in [1.165, 1.54) is 24.4 Å². The molecule has 0 radical (unpaired) electrons. The van der Waals surface area contributed by atoms with Gasteiger partial charge in [-0.25, -0.2) is 27.0 Å². The molecule has 3 aromatic rings. The van der Waals surface area contributed by atoms with Gasteiger partial charge in [-0.15, -0.1) is 10.2 Å². The van der Waals surface area contributed by atoms with E-state index < -0.39 is 29.7 Å². The normalized spacial score (nSPS) is 11.9. The fraction of sp³-hybridized carbons (Fsp3) is 0.133. The smallest absolute Gasteiger partial charge is 0.240 e. The predicted molar refractivity (Wildman–Crippen MR) is 98.7 cm³/mol. The number of hydrogen-bond donors (Lipinski definition) is 3. The van der Waals surface area contributed by atoms with Crippen LogP contribution in [0.2, 0.25) is 0 Å². The van der Waals surface area contributed by atoms with E-state index in [1.807, 2.05) is 6.07 Å². The lowest BCUT2D eigenvalue weighted by Gasteiger charge is -2.15.